The smallest absolute Gasteiger partial charge is 0.303 e. The summed E-state index contributed by atoms with van der Waals surface area (Å²) in [5.41, 5.74) is 1.53. The van der Waals surface area contributed by atoms with Gasteiger partial charge in [0.15, 0.2) is 12.1 Å². The maximum absolute atomic E-state index is 11.0. The van der Waals surface area contributed by atoms with Gasteiger partial charge in [-0.05, 0) is 19.8 Å². The molecule has 1 aliphatic heterocycles. The lowest BCUT2D eigenvalue weighted by Crippen LogP contribution is -2.32. The van der Waals surface area contributed by atoms with Gasteiger partial charge in [-0.3, -0.25) is 9.59 Å². The van der Waals surface area contributed by atoms with Crippen LogP contribution in [-0.4, -0.2) is 39.6 Å². The average Bonchev–Trinajstić information content (AvgIpc) is 2.57. The van der Waals surface area contributed by atoms with E-state index in [2.05, 4.69) is 4.98 Å². The van der Waals surface area contributed by atoms with Crippen molar-refractivity contribution in [2.24, 2.45) is 0 Å². The van der Waals surface area contributed by atoms with Crippen LogP contribution in [-0.2, 0) is 22.5 Å². The van der Waals surface area contributed by atoms with E-state index >= 15 is 0 Å². The van der Waals surface area contributed by atoms with Gasteiger partial charge in [-0.2, -0.15) is 0 Å². The van der Waals surface area contributed by atoms with Crippen molar-refractivity contribution < 1.29 is 19.4 Å². The van der Waals surface area contributed by atoms with Gasteiger partial charge in [-0.15, -0.1) is 0 Å². The summed E-state index contributed by atoms with van der Waals surface area (Å²) in [6, 6.07) is 0. The molecule has 2 heterocycles. The third-order valence-electron chi connectivity index (χ3n) is 3.16. The van der Waals surface area contributed by atoms with Crippen molar-refractivity contribution >= 4 is 12.3 Å². The van der Waals surface area contributed by atoms with E-state index in [0.717, 1.165) is 24.4 Å². The molecule has 98 valence electrons. The van der Waals surface area contributed by atoms with Crippen molar-refractivity contribution in [1.82, 2.24) is 9.55 Å². The van der Waals surface area contributed by atoms with E-state index in [1.165, 1.54) is 0 Å². The van der Waals surface area contributed by atoms with Gasteiger partial charge in [0.2, 0.25) is 0 Å². The van der Waals surface area contributed by atoms with Crippen LogP contribution in [0.3, 0.4) is 0 Å². The summed E-state index contributed by atoms with van der Waals surface area (Å²) in [6.07, 6.45) is 2.20. The summed E-state index contributed by atoms with van der Waals surface area (Å²) in [4.78, 5) is 25.8. The molecule has 1 aliphatic rings. The van der Waals surface area contributed by atoms with Gasteiger partial charge in [-0.1, -0.05) is 0 Å². The molecule has 0 radical (unpaired) electrons. The normalized spacial score (nSPS) is 18.4. The second kappa shape index (κ2) is 5.30. The highest BCUT2D eigenvalue weighted by Crippen LogP contribution is 2.19. The highest BCUT2D eigenvalue weighted by molar-refractivity contribution is 5.70. The van der Waals surface area contributed by atoms with Crippen LogP contribution in [0.15, 0.2) is 0 Å². The van der Waals surface area contributed by atoms with Gasteiger partial charge in [0.25, 0.3) is 0 Å². The Morgan fingerprint density at radius 2 is 2.39 bits per heavy atom. The predicted molar refractivity (Wildman–Crippen MR) is 62.7 cm³/mol. The Kier molecular flexibility index (Phi) is 3.76. The molecule has 0 aromatic carbocycles. The molecule has 6 heteroatoms. The Balaban J connectivity index is 2.20. The quantitative estimate of drug-likeness (QED) is 0.758. The molecule has 1 atom stereocenters. The summed E-state index contributed by atoms with van der Waals surface area (Å²) in [5, 5.41) is 8.74. The van der Waals surface area contributed by atoms with Gasteiger partial charge in [0.1, 0.15) is 0 Å². The molecule has 1 saturated heterocycles. The second-order valence-corrected chi connectivity index (χ2v) is 4.41. The molecule has 1 aromatic heterocycles. The molecule has 2 rings (SSSR count). The molecule has 0 aliphatic carbocycles. The number of aliphatic carboxylic acids is 1. The molecular formula is C12H16N2O4. The fourth-order valence-electron chi connectivity index (χ4n) is 2.10. The number of nitrogens with zero attached hydrogens (tertiary/aromatic N) is 2. The summed E-state index contributed by atoms with van der Waals surface area (Å²) in [6.45, 7) is 3.12. The Labute approximate surface area is 105 Å². The van der Waals surface area contributed by atoms with Gasteiger partial charge in [0.05, 0.1) is 24.8 Å². The number of rotatable bonds is 6. The van der Waals surface area contributed by atoms with E-state index in [1.807, 2.05) is 0 Å². The maximum atomic E-state index is 11.0. The predicted octanol–water partition coefficient (Wildman–Crippen LogP) is 0.810. The SMILES string of the molecule is Cc1nc(C=O)n(CC2CCO2)c1CCC(=O)O. The number of aromatic nitrogens is 2. The van der Waals surface area contributed by atoms with Crippen LogP contribution in [0.25, 0.3) is 0 Å². The summed E-state index contributed by atoms with van der Waals surface area (Å²) < 4.78 is 7.13. The van der Waals surface area contributed by atoms with Gasteiger partial charge in [0, 0.05) is 12.3 Å². The molecule has 18 heavy (non-hydrogen) atoms. The van der Waals surface area contributed by atoms with E-state index in [4.69, 9.17) is 9.84 Å². The number of carbonyl (C=O) groups excluding carboxylic acids is 1. The molecule has 0 bridgehead atoms. The van der Waals surface area contributed by atoms with E-state index in [0.29, 0.717) is 25.1 Å². The number of imidazole rings is 1. The van der Waals surface area contributed by atoms with Crippen molar-refractivity contribution in [3.63, 3.8) is 0 Å². The van der Waals surface area contributed by atoms with Crippen molar-refractivity contribution in [2.45, 2.75) is 38.8 Å². The fraction of sp³-hybridized carbons (Fsp3) is 0.583. The summed E-state index contributed by atoms with van der Waals surface area (Å²) >= 11 is 0. The van der Waals surface area contributed by atoms with E-state index in [-0.39, 0.29) is 12.5 Å². The number of aryl methyl sites for hydroxylation is 1. The molecule has 6 nitrogen and oxygen atoms in total. The van der Waals surface area contributed by atoms with E-state index in [1.54, 1.807) is 11.5 Å². The molecule has 1 fully saturated rings. The Morgan fingerprint density at radius 3 is 2.89 bits per heavy atom. The topological polar surface area (TPSA) is 81.4 Å². The van der Waals surface area contributed by atoms with Crippen LogP contribution in [0.1, 0.15) is 34.8 Å². The number of carboxylic acid groups (broad SMARTS) is 1. The lowest BCUT2D eigenvalue weighted by Gasteiger charge is -2.27. The van der Waals surface area contributed by atoms with Gasteiger partial charge in [-0.25, -0.2) is 4.98 Å². The van der Waals surface area contributed by atoms with Crippen molar-refractivity contribution in [2.75, 3.05) is 6.61 Å². The number of carboxylic acids is 1. The highest BCUT2D eigenvalue weighted by atomic mass is 16.5. The first-order valence-corrected chi connectivity index (χ1v) is 5.96. The largest absolute Gasteiger partial charge is 0.481 e. The van der Waals surface area contributed by atoms with Crippen LogP contribution in [0, 0.1) is 6.92 Å². The lowest BCUT2D eigenvalue weighted by atomic mass is 10.1. The zero-order valence-corrected chi connectivity index (χ0v) is 10.3. The first-order valence-electron chi connectivity index (χ1n) is 5.96. The van der Waals surface area contributed by atoms with Gasteiger partial charge < -0.3 is 14.4 Å². The zero-order chi connectivity index (χ0) is 13.1. The first-order chi connectivity index (χ1) is 8.61. The monoisotopic (exact) mass is 252 g/mol. The van der Waals surface area contributed by atoms with Crippen LogP contribution in [0.2, 0.25) is 0 Å². The van der Waals surface area contributed by atoms with Crippen LogP contribution < -0.4 is 0 Å². The minimum Gasteiger partial charge on any atom is -0.481 e. The average molecular weight is 252 g/mol. The fourth-order valence-corrected chi connectivity index (χ4v) is 2.10. The number of hydrogen-bond donors (Lipinski definition) is 1. The Morgan fingerprint density at radius 1 is 1.67 bits per heavy atom. The van der Waals surface area contributed by atoms with E-state index < -0.39 is 5.97 Å². The van der Waals surface area contributed by atoms with Crippen LogP contribution in [0.4, 0.5) is 0 Å². The third kappa shape index (κ3) is 2.59. The first kappa shape index (κ1) is 12.8. The van der Waals surface area contributed by atoms with Crippen molar-refractivity contribution in [1.29, 1.82) is 0 Å². The molecule has 1 N–H and O–H groups in total. The summed E-state index contributed by atoms with van der Waals surface area (Å²) in [5.74, 6) is -0.502. The third-order valence-corrected chi connectivity index (χ3v) is 3.16. The number of aldehydes is 1. The molecular weight excluding hydrogens is 236 g/mol. The highest BCUT2D eigenvalue weighted by Gasteiger charge is 2.23. The lowest BCUT2D eigenvalue weighted by molar-refractivity contribution is -0.137. The number of ether oxygens (including phenoxy) is 1. The molecule has 1 unspecified atom stereocenters. The zero-order valence-electron chi connectivity index (χ0n) is 10.3. The van der Waals surface area contributed by atoms with Crippen LogP contribution in [0.5, 0.6) is 0 Å². The van der Waals surface area contributed by atoms with E-state index in [9.17, 15) is 9.59 Å². The summed E-state index contributed by atoms with van der Waals surface area (Å²) in [7, 11) is 0. The molecule has 1 aromatic rings. The molecule has 0 spiro atoms. The van der Waals surface area contributed by atoms with Gasteiger partial charge >= 0.3 is 5.97 Å². The number of hydrogen-bond acceptors (Lipinski definition) is 4. The second-order valence-electron chi connectivity index (χ2n) is 4.41. The van der Waals surface area contributed by atoms with Crippen molar-refractivity contribution in [3.8, 4) is 0 Å². The maximum Gasteiger partial charge on any atom is 0.303 e. The number of carbonyl (C=O) groups is 2. The van der Waals surface area contributed by atoms with Crippen molar-refractivity contribution in [3.05, 3.63) is 17.2 Å². The standard InChI is InChI=1S/C12H16N2O4/c1-8-10(2-3-12(16)17)14(11(7-15)13-8)6-9-4-5-18-9/h7,9H,2-6H2,1H3,(H,16,17). The molecule has 0 amide bonds. The minimum atomic E-state index is -0.852. The van der Waals surface area contributed by atoms with Crippen LogP contribution >= 0.6 is 0 Å². The Hall–Kier alpha value is -1.69. The minimum absolute atomic E-state index is 0.0380. The molecule has 0 saturated carbocycles. The Bertz CT molecular complexity index is 463.